The van der Waals surface area contributed by atoms with Crippen molar-refractivity contribution in [2.24, 2.45) is 5.41 Å². The van der Waals surface area contributed by atoms with Crippen LogP contribution in [0.5, 0.6) is 0 Å². The molecule has 204 valence electrons. The number of hydrogen-bond acceptors (Lipinski definition) is 2. The minimum absolute atomic E-state index is 0.286. The van der Waals surface area contributed by atoms with Gasteiger partial charge in [-0.3, -0.25) is 9.69 Å². The highest BCUT2D eigenvalue weighted by Crippen LogP contribution is 2.55. The molecule has 3 nitrogen and oxygen atoms in total. The second-order valence-corrected chi connectivity index (χ2v) is 11.6. The Morgan fingerprint density at radius 2 is 1.56 bits per heavy atom. The second kappa shape index (κ2) is 9.47. The van der Waals surface area contributed by atoms with Gasteiger partial charge in [-0.1, -0.05) is 48.9 Å². The molecule has 1 unspecified atom stereocenters. The molecule has 2 saturated carbocycles. The van der Waals surface area contributed by atoms with Crippen molar-refractivity contribution in [3.05, 3.63) is 94.8 Å². The average Bonchev–Trinajstić information content (AvgIpc) is 3.62. The summed E-state index contributed by atoms with van der Waals surface area (Å²) >= 11 is 0. The van der Waals surface area contributed by atoms with E-state index in [9.17, 15) is 27.5 Å². The van der Waals surface area contributed by atoms with Crippen LogP contribution in [0.15, 0.2) is 66.7 Å². The minimum Gasteiger partial charge on any atom is -0.481 e. The van der Waals surface area contributed by atoms with Gasteiger partial charge in [0, 0.05) is 6.54 Å². The van der Waals surface area contributed by atoms with Crippen molar-refractivity contribution in [1.82, 2.24) is 4.90 Å². The Labute approximate surface area is 225 Å². The monoisotopic (exact) mass is 537 g/mol. The topological polar surface area (TPSA) is 40.5 Å². The second-order valence-electron chi connectivity index (χ2n) is 11.6. The standard InChI is InChI=1S/C32H31F4NO2/c33-24-12-8-22(9-13-24)28(37-19-3-14-30(20-37)17-18-30)25-4-1-5-26(31(29(38)39)15-2-16-31)27(25)21-6-10-23(11-7-21)32(34,35)36/h1,4-13,28H,2-3,14-20H2,(H,38,39). The smallest absolute Gasteiger partial charge is 0.416 e. The summed E-state index contributed by atoms with van der Waals surface area (Å²) in [5, 5.41) is 10.4. The molecular formula is C32H31F4NO2. The zero-order chi connectivity index (χ0) is 27.4. The molecule has 39 heavy (non-hydrogen) atoms. The van der Waals surface area contributed by atoms with Gasteiger partial charge in [-0.25, -0.2) is 4.39 Å². The number of piperidine rings is 1. The van der Waals surface area contributed by atoms with Crippen molar-refractivity contribution < 1.29 is 27.5 Å². The number of likely N-dealkylation sites (tertiary alicyclic amines) is 1. The molecule has 2 aliphatic carbocycles. The third-order valence-corrected chi connectivity index (χ3v) is 9.22. The largest absolute Gasteiger partial charge is 0.481 e. The third kappa shape index (κ3) is 4.65. The van der Waals surface area contributed by atoms with Crippen molar-refractivity contribution in [2.75, 3.05) is 13.1 Å². The summed E-state index contributed by atoms with van der Waals surface area (Å²) in [5.74, 6) is -1.25. The first-order valence-corrected chi connectivity index (χ1v) is 13.7. The number of aliphatic carboxylic acids is 1. The van der Waals surface area contributed by atoms with E-state index in [0.717, 1.165) is 49.2 Å². The fraction of sp³-hybridized carbons (Fsp3) is 0.406. The van der Waals surface area contributed by atoms with Gasteiger partial charge >= 0.3 is 12.1 Å². The first-order valence-electron chi connectivity index (χ1n) is 13.7. The summed E-state index contributed by atoms with van der Waals surface area (Å²) in [6.07, 6.45) is 1.82. The lowest BCUT2D eigenvalue weighted by Gasteiger charge is -2.43. The van der Waals surface area contributed by atoms with E-state index < -0.39 is 23.1 Å². The molecule has 1 spiro atoms. The van der Waals surface area contributed by atoms with Crippen LogP contribution in [0.2, 0.25) is 0 Å². The van der Waals surface area contributed by atoms with Gasteiger partial charge in [0.2, 0.25) is 0 Å². The van der Waals surface area contributed by atoms with Gasteiger partial charge in [0.25, 0.3) is 0 Å². The van der Waals surface area contributed by atoms with E-state index in [0.29, 0.717) is 34.9 Å². The summed E-state index contributed by atoms with van der Waals surface area (Å²) < 4.78 is 54.3. The molecule has 3 aromatic carbocycles. The zero-order valence-electron chi connectivity index (χ0n) is 21.6. The Bertz CT molecular complexity index is 1370. The number of nitrogens with zero attached hydrogens (tertiary/aromatic N) is 1. The van der Waals surface area contributed by atoms with E-state index in [4.69, 9.17) is 0 Å². The molecule has 1 aliphatic heterocycles. The van der Waals surface area contributed by atoms with Gasteiger partial charge in [0.05, 0.1) is 17.0 Å². The molecule has 3 aromatic rings. The first kappa shape index (κ1) is 26.1. The number of alkyl halides is 3. The Hall–Kier alpha value is -3.19. The minimum atomic E-state index is -4.47. The molecule has 3 aliphatic rings. The number of benzene rings is 3. The Balaban J connectivity index is 1.57. The SMILES string of the molecule is O=C(O)C1(c2cccc(C(c3ccc(F)cc3)N3CCCC4(CC4)C3)c2-c2ccc(C(F)(F)F)cc2)CCC1. The fourth-order valence-corrected chi connectivity index (χ4v) is 6.76. The Morgan fingerprint density at radius 3 is 2.13 bits per heavy atom. The average molecular weight is 538 g/mol. The van der Waals surface area contributed by atoms with Gasteiger partial charge in [0.15, 0.2) is 0 Å². The summed E-state index contributed by atoms with van der Waals surface area (Å²) in [5.41, 5.74) is 2.08. The normalized spacial score (nSPS) is 20.8. The number of carbonyl (C=O) groups is 1. The first-order chi connectivity index (χ1) is 18.6. The van der Waals surface area contributed by atoms with Crippen LogP contribution >= 0.6 is 0 Å². The van der Waals surface area contributed by atoms with Crippen LogP contribution in [-0.2, 0) is 16.4 Å². The highest BCUT2D eigenvalue weighted by Gasteiger charge is 2.49. The molecule has 1 saturated heterocycles. The van der Waals surface area contributed by atoms with E-state index in [1.807, 2.05) is 18.2 Å². The van der Waals surface area contributed by atoms with Crippen molar-refractivity contribution >= 4 is 5.97 Å². The number of rotatable bonds is 6. The van der Waals surface area contributed by atoms with Crippen LogP contribution in [0.1, 0.15) is 73.2 Å². The maximum Gasteiger partial charge on any atom is 0.416 e. The molecule has 0 bridgehead atoms. The fourth-order valence-electron chi connectivity index (χ4n) is 6.76. The molecule has 0 amide bonds. The highest BCUT2D eigenvalue weighted by atomic mass is 19.4. The highest BCUT2D eigenvalue weighted by molar-refractivity contribution is 5.88. The lowest BCUT2D eigenvalue weighted by Crippen LogP contribution is -2.43. The number of halogens is 4. The third-order valence-electron chi connectivity index (χ3n) is 9.22. The quantitative estimate of drug-likeness (QED) is 0.324. The maximum atomic E-state index is 14.0. The molecule has 6 rings (SSSR count). The van der Waals surface area contributed by atoms with Crippen LogP contribution in [0.25, 0.3) is 11.1 Å². The Morgan fingerprint density at radius 1 is 0.872 bits per heavy atom. The van der Waals surface area contributed by atoms with Crippen molar-refractivity contribution in [1.29, 1.82) is 0 Å². The summed E-state index contributed by atoms with van der Waals surface area (Å²) in [6.45, 7) is 1.72. The maximum absolute atomic E-state index is 14.0. The van der Waals surface area contributed by atoms with Crippen molar-refractivity contribution in [2.45, 2.75) is 62.6 Å². The number of carboxylic acids is 1. The summed E-state index contributed by atoms with van der Waals surface area (Å²) in [7, 11) is 0. The van der Waals surface area contributed by atoms with Crippen molar-refractivity contribution in [3.63, 3.8) is 0 Å². The predicted molar refractivity (Wildman–Crippen MR) is 141 cm³/mol. The lowest BCUT2D eigenvalue weighted by molar-refractivity contribution is -0.147. The zero-order valence-corrected chi connectivity index (χ0v) is 21.6. The summed E-state index contributed by atoms with van der Waals surface area (Å²) in [6, 6.07) is 16.8. The van der Waals surface area contributed by atoms with E-state index in [1.54, 1.807) is 12.1 Å². The van der Waals surface area contributed by atoms with Gasteiger partial charge < -0.3 is 5.11 Å². The van der Waals surface area contributed by atoms with Gasteiger partial charge in [-0.2, -0.15) is 13.2 Å². The van der Waals surface area contributed by atoms with Crippen LogP contribution in [0.3, 0.4) is 0 Å². The van der Waals surface area contributed by atoms with E-state index in [-0.39, 0.29) is 11.9 Å². The summed E-state index contributed by atoms with van der Waals surface area (Å²) in [4.78, 5) is 15.1. The van der Waals surface area contributed by atoms with Crippen LogP contribution in [0, 0.1) is 11.2 Å². The van der Waals surface area contributed by atoms with Crippen LogP contribution < -0.4 is 0 Å². The number of carboxylic acid groups (broad SMARTS) is 1. The van der Waals surface area contributed by atoms with Crippen LogP contribution in [0.4, 0.5) is 17.6 Å². The molecule has 1 atom stereocenters. The van der Waals surface area contributed by atoms with Gasteiger partial charge in [-0.05, 0) is 103 Å². The predicted octanol–water partition coefficient (Wildman–Crippen LogP) is 7.98. The number of hydrogen-bond donors (Lipinski definition) is 1. The van der Waals surface area contributed by atoms with E-state index in [1.165, 1.54) is 43.5 Å². The molecule has 0 aromatic heterocycles. The van der Waals surface area contributed by atoms with E-state index in [2.05, 4.69) is 4.90 Å². The lowest BCUT2D eigenvalue weighted by atomic mass is 9.62. The van der Waals surface area contributed by atoms with Crippen LogP contribution in [-0.4, -0.2) is 29.1 Å². The molecule has 7 heteroatoms. The van der Waals surface area contributed by atoms with E-state index >= 15 is 0 Å². The molecule has 1 N–H and O–H groups in total. The molecule has 1 heterocycles. The van der Waals surface area contributed by atoms with Crippen molar-refractivity contribution in [3.8, 4) is 11.1 Å². The molecular weight excluding hydrogens is 506 g/mol. The Kier molecular flexibility index (Phi) is 6.33. The molecule has 3 fully saturated rings. The molecule has 0 radical (unpaired) electrons. The van der Waals surface area contributed by atoms with Gasteiger partial charge in [0.1, 0.15) is 5.82 Å². The van der Waals surface area contributed by atoms with Gasteiger partial charge in [-0.15, -0.1) is 0 Å².